The highest BCUT2D eigenvalue weighted by molar-refractivity contribution is 6.36. The summed E-state index contributed by atoms with van der Waals surface area (Å²) in [5, 5.41) is 0. The molecule has 0 aliphatic rings. The number of nitrogens with two attached hydrogens (primary N) is 1. The minimum Gasteiger partial charge on any atom is -0.334 e. The van der Waals surface area contributed by atoms with Gasteiger partial charge in [-0.2, -0.15) is 0 Å². The van der Waals surface area contributed by atoms with Crippen LogP contribution < -0.4 is 5.73 Å². The van der Waals surface area contributed by atoms with Crippen LogP contribution in [0.4, 0.5) is 0 Å². The summed E-state index contributed by atoms with van der Waals surface area (Å²) in [6.45, 7) is 9.50. The molecule has 0 bridgehead atoms. The minimum atomic E-state index is -0.769. The van der Waals surface area contributed by atoms with Crippen LogP contribution in [0.3, 0.4) is 0 Å². The number of hydrogen-bond acceptors (Lipinski definition) is 4. The molecule has 0 aliphatic carbocycles. The van der Waals surface area contributed by atoms with Gasteiger partial charge in [-0.15, -0.1) is 0 Å². The van der Waals surface area contributed by atoms with Crippen LogP contribution in [0.1, 0.15) is 34.1 Å². The Morgan fingerprint density at radius 1 is 1.05 bits per heavy atom. The topological polar surface area (TPSA) is 83.7 Å². The van der Waals surface area contributed by atoms with Crippen molar-refractivity contribution in [1.82, 2.24) is 9.80 Å². The highest BCUT2D eigenvalue weighted by atomic mass is 16.2. The van der Waals surface area contributed by atoms with Crippen LogP contribution in [-0.4, -0.2) is 54.2 Å². The molecule has 0 saturated carbocycles. The van der Waals surface area contributed by atoms with Crippen molar-refractivity contribution < 1.29 is 14.4 Å². The average Bonchev–Trinajstić information content (AvgIpc) is 2.36. The Labute approximate surface area is 121 Å². The molecule has 0 spiro atoms. The molecule has 3 amide bonds. The Hall–Kier alpha value is -1.43. The first-order chi connectivity index (χ1) is 9.33. The SMILES string of the molecule is CC(C)CN(CC(C)C)C(=O)C(=O)N(C=O)CCCN. The van der Waals surface area contributed by atoms with Gasteiger partial charge in [0.1, 0.15) is 0 Å². The largest absolute Gasteiger partial charge is 0.334 e. The van der Waals surface area contributed by atoms with Crippen LogP contribution >= 0.6 is 0 Å². The molecule has 6 heteroatoms. The van der Waals surface area contributed by atoms with Crippen molar-refractivity contribution in [3.05, 3.63) is 0 Å². The lowest BCUT2D eigenvalue weighted by atomic mass is 10.1. The van der Waals surface area contributed by atoms with Crippen LogP contribution in [0.15, 0.2) is 0 Å². The van der Waals surface area contributed by atoms with E-state index in [9.17, 15) is 14.4 Å². The van der Waals surface area contributed by atoms with Gasteiger partial charge in [0.15, 0.2) is 0 Å². The second kappa shape index (κ2) is 9.47. The van der Waals surface area contributed by atoms with Crippen LogP contribution in [0.5, 0.6) is 0 Å². The number of carbonyl (C=O) groups is 3. The van der Waals surface area contributed by atoms with Gasteiger partial charge < -0.3 is 10.6 Å². The quantitative estimate of drug-likeness (QED) is 0.519. The molecule has 0 aromatic carbocycles. The lowest BCUT2D eigenvalue weighted by Crippen LogP contribution is -2.47. The average molecular weight is 285 g/mol. The molecule has 0 atom stereocenters. The first-order valence-electron chi connectivity index (χ1n) is 7.08. The first kappa shape index (κ1) is 18.6. The van der Waals surface area contributed by atoms with Crippen LogP contribution in [0, 0.1) is 11.8 Å². The number of carbonyl (C=O) groups excluding carboxylic acids is 3. The van der Waals surface area contributed by atoms with Gasteiger partial charge in [-0.25, -0.2) is 0 Å². The van der Waals surface area contributed by atoms with Gasteiger partial charge in [0.05, 0.1) is 0 Å². The third-order valence-electron chi connectivity index (χ3n) is 2.63. The van der Waals surface area contributed by atoms with E-state index in [2.05, 4.69) is 0 Å². The number of hydrogen-bond donors (Lipinski definition) is 1. The van der Waals surface area contributed by atoms with E-state index in [-0.39, 0.29) is 18.4 Å². The highest BCUT2D eigenvalue weighted by Gasteiger charge is 2.27. The van der Waals surface area contributed by atoms with Gasteiger partial charge in [0, 0.05) is 19.6 Å². The molecule has 116 valence electrons. The minimum absolute atomic E-state index is 0.182. The molecule has 0 unspecified atom stereocenters. The van der Waals surface area contributed by atoms with E-state index in [4.69, 9.17) is 5.73 Å². The molecular formula is C14H27N3O3. The predicted molar refractivity (Wildman–Crippen MR) is 77.7 cm³/mol. The van der Waals surface area contributed by atoms with E-state index in [1.807, 2.05) is 27.7 Å². The van der Waals surface area contributed by atoms with Gasteiger partial charge in [0.25, 0.3) is 0 Å². The van der Waals surface area contributed by atoms with Crippen LogP contribution in [0.2, 0.25) is 0 Å². The molecule has 2 N–H and O–H groups in total. The Morgan fingerprint density at radius 3 is 1.90 bits per heavy atom. The Balaban J connectivity index is 4.83. The maximum Gasteiger partial charge on any atom is 0.318 e. The monoisotopic (exact) mass is 285 g/mol. The van der Waals surface area contributed by atoms with E-state index in [0.717, 1.165) is 4.90 Å². The molecule has 0 radical (unpaired) electrons. The second-order valence-electron chi connectivity index (χ2n) is 5.74. The molecule has 0 saturated heterocycles. The van der Waals surface area contributed by atoms with Crippen LogP contribution in [0.25, 0.3) is 0 Å². The van der Waals surface area contributed by atoms with Crippen molar-refractivity contribution in [2.45, 2.75) is 34.1 Å². The Morgan fingerprint density at radius 2 is 1.55 bits per heavy atom. The number of rotatable bonds is 8. The molecule has 20 heavy (non-hydrogen) atoms. The summed E-state index contributed by atoms with van der Waals surface area (Å²) >= 11 is 0. The van der Waals surface area contributed by atoms with Gasteiger partial charge >= 0.3 is 11.8 Å². The van der Waals surface area contributed by atoms with E-state index < -0.39 is 11.8 Å². The van der Waals surface area contributed by atoms with Gasteiger partial charge in [-0.1, -0.05) is 27.7 Å². The second-order valence-corrected chi connectivity index (χ2v) is 5.74. The van der Waals surface area contributed by atoms with Gasteiger partial charge in [-0.05, 0) is 24.8 Å². The highest BCUT2D eigenvalue weighted by Crippen LogP contribution is 2.06. The van der Waals surface area contributed by atoms with E-state index in [0.29, 0.717) is 32.5 Å². The van der Waals surface area contributed by atoms with E-state index >= 15 is 0 Å². The van der Waals surface area contributed by atoms with Crippen LogP contribution in [-0.2, 0) is 14.4 Å². The normalized spacial score (nSPS) is 10.8. The third kappa shape index (κ3) is 6.65. The maximum atomic E-state index is 12.2. The number of imide groups is 1. The van der Waals surface area contributed by atoms with Gasteiger partial charge in [0.2, 0.25) is 6.41 Å². The number of amides is 3. The summed E-state index contributed by atoms with van der Waals surface area (Å²) in [6.07, 6.45) is 0.894. The van der Waals surface area contributed by atoms with Crippen molar-refractivity contribution in [3.63, 3.8) is 0 Å². The fourth-order valence-electron chi connectivity index (χ4n) is 1.84. The van der Waals surface area contributed by atoms with Crippen molar-refractivity contribution in [1.29, 1.82) is 0 Å². The fourth-order valence-corrected chi connectivity index (χ4v) is 1.84. The molecule has 0 aliphatic heterocycles. The zero-order chi connectivity index (χ0) is 15.7. The lowest BCUT2D eigenvalue weighted by molar-refractivity contribution is -0.154. The smallest absolute Gasteiger partial charge is 0.318 e. The Kier molecular flexibility index (Phi) is 8.79. The number of nitrogens with zero attached hydrogens (tertiary/aromatic N) is 2. The summed E-state index contributed by atoms with van der Waals surface area (Å²) in [5.41, 5.74) is 5.35. The summed E-state index contributed by atoms with van der Waals surface area (Å²) in [6, 6.07) is 0. The molecule has 0 fully saturated rings. The summed E-state index contributed by atoms with van der Waals surface area (Å²) < 4.78 is 0. The van der Waals surface area contributed by atoms with Gasteiger partial charge in [-0.3, -0.25) is 19.3 Å². The summed E-state index contributed by atoms with van der Waals surface area (Å²) in [5.74, 6) is -0.857. The molecule has 0 heterocycles. The Bertz CT molecular complexity index is 320. The van der Waals surface area contributed by atoms with Crippen molar-refractivity contribution >= 4 is 18.2 Å². The standard InChI is InChI=1S/C14H27N3O3/c1-11(2)8-17(9-12(3)4)14(20)13(19)16(10-18)7-5-6-15/h10-12H,5-9,15H2,1-4H3. The molecule has 6 nitrogen and oxygen atoms in total. The maximum absolute atomic E-state index is 12.2. The molecule has 0 aromatic rings. The molecule has 0 aromatic heterocycles. The van der Waals surface area contributed by atoms with E-state index in [1.165, 1.54) is 4.90 Å². The predicted octanol–water partition coefficient (Wildman–Crippen LogP) is 0.461. The van der Waals surface area contributed by atoms with Crippen molar-refractivity contribution in [3.8, 4) is 0 Å². The zero-order valence-electron chi connectivity index (χ0n) is 13.0. The third-order valence-corrected chi connectivity index (χ3v) is 2.63. The fraction of sp³-hybridized carbons (Fsp3) is 0.786. The summed E-state index contributed by atoms with van der Waals surface area (Å²) in [4.78, 5) is 37.6. The lowest BCUT2D eigenvalue weighted by Gasteiger charge is -2.27. The molecule has 0 rings (SSSR count). The van der Waals surface area contributed by atoms with E-state index in [1.54, 1.807) is 0 Å². The zero-order valence-corrected chi connectivity index (χ0v) is 13.0. The van der Waals surface area contributed by atoms with Crippen molar-refractivity contribution in [2.75, 3.05) is 26.2 Å². The summed E-state index contributed by atoms with van der Waals surface area (Å²) in [7, 11) is 0. The first-order valence-corrected chi connectivity index (χ1v) is 7.08. The molecular weight excluding hydrogens is 258 g/mol. The van der Waals surface area contributed by atoms with Crippen molar-refractivity contribution in [2.24, 2.45) is 17.6 Å².